The van der Waals surface area contributed by atoms with Gasteiger partial charge in [0.15, 0.2) is 0 Å². The summed E-state index contributed by atoms with van der Waals surface area (Å²) in [5.74, 6) is 0.757. The Balaban J connectivity index is 2.17. The van der Waals surface area contributed by atoms with E-state index in [1.54, 1.807) is 0 Å². The van der Waals surface area contributed by atoms with Crippen LogP contribution in [0.15, 0.2) is 0 Å². The van der Waals surface area contributed by atoms with E-state index < -0.39 is 0 Å². The summed E-state index contributed by atoms with van der Waals surface area (Å²) < 4.78 is 5.28. The predicted octanol–water partition coefficient (Wildman–Crippen LogP) is 1.04. The zero-order valence-electron chi connectivity index (χ0n) is 8.83. The molecule has 0 bridgehead atoms. The summed E-state index contributed by atoms with van der Waals surface area (Å²) in [6.07, 6.45) is 2.57. The lowest BCUT2D eigenvalue weighted by molar-refractivity contribution is 0.0151. The summed E-state index contributed by atoms with van der Waals surface area (Å²) in [6.45, 7) is 8.17. The lowest BCUT2D eigenvalue weighted by atomic mass is 10.1. The standard InChI is InChI=1S/C10H22N2O/c1-9(2)3-4-10(11)12-5-7-13-8-6-12/h9-10H,3-8,11H2,1-2H3. The summed E-state index contributed by atoms with van der Waals surface area (Å²) in [6, 6.07) is 0. The molecule has 1 unspecified atom stereocenters. The van der Waals surface area contributed by atoms with Crippen molar-refractivity contribution in [1.82, 2.24) is 4.90 Å². The third kappa shape index (κ3) is 4.07. The van der Waals surface area contributed by atoms with E-state index in [1.807, 2.05) is 0 Å². The summed E-state index contributed by atoms with van der Waals surface area (Å²) in [5.41, 5.74) is 6.07. The van der Waals surface area contributed by atoms with E-state index in [1.165, 1.54) is 6.42 Å². The topological polar surface area (TPSA) is 38.5 Å². The van der Waals surface area contributed by atoms with E-state index in [4.69, 9.17) is 10.5 Å². The van der Waals surface area contributed by atoms with Crippen LogP contribution < -0.4 is 5.73 Å². The first-order valence-electron chi connectivity index (χ1n) is 5.27. The minimum Gasteiger partial charge on any atom is -0.379 e. The van der Waals surface area contributed by atoms with Crippen LogP contribution in [0.2, 0.25) is 0 Å². The highest BCUT2D eigenvalue weighted by Gasteiger charge is 2.16. The average molecular weight is 186 g/mol. The average Bonchev–Trinajstić information content (AvgIpc) is 2.15. The van der Waals surface area contributed by atoms with Crippen LogP contribution in [-0.2, 0) is 4.74 Å². The number of rotatable bonds is 4. The highest BCUT2D eigenvalue weighted by atomic mass is 16.5. The van der Waals surface area contributed by atoms with Crippen LogP contribution in [-0.4, -0.2) is 37.4 Å². The molecule has 2 N–H and O–H groups in total. The van der Waals surface area contributed by atoms with E-state index in [0.29, 0.717) is 0 Å². The highest BCUT2D eigenvalue weighted by molar-refractivity contribution is 4.69. The van der Waals surface area contributed by atoms with Gasteiger partial charge in [0.25, 0.3) is 0 Å². The van der Waals surface area contributed by atoms with Crippen LogP contribution in [0.1, 0.15) is 26.7 Å². The zero-order valence-corrected chi connectivity index (χ0v) is 8.83. The molecule has 1 atom stereocenters. The fourth-order valence-electron chi connectivity index (χ4n) is 1.60. The van der Waals surface area contributed by atoms with Crippen molar-refractivity contribution >= 4 is 0 Å². The molecule has 1 aliphatic heterocycles. The zero-order chi connectivity index (χ0) is 9.68. The molecule has 0 saturated carbocycles. The molecule has 1 saturated heterocycles. The van der Waals surface area contributed by atoms with Gasteiger partial charge in [-0.3, -0.25) is 4.90 Å². The molecule has 1 heterocycles. The normalized spacial score (nSPS) is 22.2. The molecule has 0 aromatic carbocycles. The molecule has 3 heteroatoms. The Kier molecular flexibility index (Phi) is 4.70. The maximum atomic E-state index is 6.07. The van der Waals surface area contributed by atoms with Crippen molar-refractivity contribution in [2.24, 2.45) is 11.7 Å². The van der Waals surface area contributed by atoms with Crippen LogP contribution in [0.4, 0.5) is 0 Å². The molecule has 1 rings (SSSR count). The van der Waals surface area contributed by atoms with Crippen molar-refractivity contribution in [3.05, 3.63) is 0 Å². The van der Waals surface area contributed by atoms with Gasteiger partial charge in [-0.1, -0.05) is 13.8 Å². The summed E-state index contributed by atoms with van der Waals surface area (Å²) in [4.78, 5) is 2.33. The third-order valence-corrected chi connectivity index (χ3v) is 2.55. The largest absolute Gasteiger partial charge is 0.379 e. The highest BCUT2D eigenvalue weighted by Crippen LogP contribution is 2.09. The van der Waals surface area contributed by atoms with Gasteiger partial charge in [-0.2, -0.15) is 0 Å². The molecule has 0 amide bonds. The number of hydrogen-bond donors (Lipinski definition) is 1. The van der Waals surface area contributed by atoms with Crippen LogP contribution >= 0.6 is 0 Å². The Morgan fingerprint density at radius 1 is 1.23 bits per heavy atom. The lowest BCUT2D eigenvalue weighted by Crippen LogP contribution is -2.48. The van der Waals surface area contributed by atoms with E-state index in [0.717, 1.165) is 38.6 Å². The molecule has 13 heavy (non-hydrogen) atoms. The van der Waals surface area contributed by atoms with Crippen LogP contribution in [0.5, 0.6) is 0 Å². The van der Waals surface area contributed by atoms with Gasteiger partial charge in [0.1, 0.15) is 0 Å². The molecule has 1 fully saturated rings. The number of nitrogens with zero attached hydrogens (tertiary/aromatic N) is 1. The molecule has 1 aliphatic rings. The second kappa shape index (κ2) is 5.58. The van der Waals surface area contributed by atoms with E-state index in [-0.39, 0.29) is 6.17 Å². The molecule has 3 nitrogen and oxygen atoms in total. The molecule has 0 aromatic rings. The van der Waals surface area contributed by atoms with Gasteiger partial charge in [-0.05, 0) is 18.8 Å². The van der Waals surface area contributed by atoms with Gasteiger partial charge in [0.05, 0.1) is 19.4 Å². The first kappa shape index (κ1) is 11.0. The number of nitrogens with two attached hydrogens (primary N) is 1. The third-order valence-electron chi connectivity index (χ3n) is 2.55. The Hall–Kier alpha value is -0.120. The van der Waals surface area contributed by atoms with Crippen molar-refractivity contribution in [2.75, 3.05) is 26.3 Å². The predicted molar refractivity (Wildman–Crippen MR) is 54.4 cm³/mol. The van der Waals surface area contributed by atoms with Crippen LogP contribution in [0, 0.1) is 5.92 Å². The Labute approximate surface area is 81.2 Å². The number of ether oxygens (including phenoxy) is 1. The molecular formula is C10H22N2O. The van der Waals surface area contributed by atoms with Gasteiger partial charge in [0.2, 0.25) is 0 Å². The first-order valence-corrected chi connectivity index (χ1v) is 5.27. The second-order valence-corrected chi connectivity index (χ2v) is 4.19. The monoisotopic (exact) mass is 186 g/mol. The minimum absolute atomic E-state index is 0.242. The van der Waals surface area contributed by atoms with Crippen molar-refractivity contribution in [2.45, 2.75) is 32.9 Å². The van der Waals surface area contributed by atoms with Gasteiger partial charge < -0.3 is 10.5 Å². The smallest absolute Gasteiger partial charge is 0.0594 e. The van der Waals surface area contributed by atoms with E-state index in [9.17, 15) is 0 Å². The SMILES string of the molecule is CC(C)CCC(N)N1CCOCC1. The van der Waals surface area contributed by atoms with E-state index >= 15 is 0 Å². The van der Waals surface area contributed by atoms with Crippen molar-refractivity contribution in [1.29, 1.82) is 0 Å². The fourth-order valence-corrected chi connectivity index (χ4v) is 1.60. The maximum Gasteiger partial charge on any atom is 0.0594 e. The molecule has 0 radical (unpaired) electrons. The molecule has 78 valence electrons. The van der Waals surface area contributed by atoms with Gasteiger partial charge in [0, 0.05) is 13.1 Å². The summed E-state index contributed by atoms with van der Waals surface area (Å²) in [5, 5.41) is 0. The quantitative estimate of drug-likeness (QED) is 0.713. The molecule has 0 aromatic heterocycles. The second-order valence-electron chi connectivity index (χ2n) is 4.19. The van der Waals surface area contributed by atoms with E-state index in [2.05, 4.69) is 18.7 Å². The molecule has 0 spiro atoms. The molecular weight excluding hydrogens is 164 g/mol. The fraction of sp³-hybridized carbons (Fsp3) is 1.00. The van der Waals surface area contributed by atoms with Crippen LogP contribution in [0.3, 0.4) is 0 Å². The minimum atomic E-state index is 0.242. The van der Waals surface area contributed by atoms with Gasteiger partial charge in [-0.25, -0.2) is 0 Å². The Morgan fingerprint density at radius 3 is 2.38 bits per heavy atom. The van der Waals surface area contributed by atoms with Crippen molar-refractivity contribution in [3.63, 3.8) is 0 Å². The van der Waals surface area contributed by atoms with Crippen molar-refractivity contribution < 1.29 is 4.74 Å². The maximum absolute atomic E-state index is 6.07. The van der Waals surface area contributed by atoms with Gasteiger partial charge >= 0.3 is 0 Å². The summed E-state index contributed by atoms with van der Waals surface area (Å²) in [7, 11) is 0. The number of hydrogen-bond acceptors (Lipinski definition) is 3. The Bertz CT molecular complexity index is 133. The first-order chi connectivity index (χ1) is 6.20. The number of morpholine rings is 1. The van der Waals surface area contributed by atoms with Crippen molar-refractivity contribution in [3.8, 4) is 0 Å². The molecule has 0 aliphatic carbocycles. The van der Waals surface area contributed by atoms with Gasteiger partial charge in [-0.15, -0.1) is 0 Å². The lowest BCUT2D eigenvalue weighted by Gasteiger charge is -2.32. The van der Waals surface area contributed by atoms with Crippen LogP contribution in [0.25, 0.3) is 0 Å². The Morgan fingerprint density at radius 2 is 1.85 bits per heavy atom. The summed E-state index contributed by atoms with van der Waals surface area (Å²) >= 11 is 0.